The van der Waals surface area contributed by atoms with Crippen molar-refractivity contribution in [3.8, 4) is 5.75 Å². The van der Waals surface area contributed by atoms with Gasteiger partial charge in [0.1, 0.15) is 11.6 Å². The second-order valence-electron chi connectivity index (χ2n) is 5.31. The fourth-order valence-electron chi connectivity index (χ4n) is 2.89. The molecule has 0 saturated heterocycles. The predicted octanol–water partition coefficient (Wildman–Crippen LogP) is 4.98. The molecule has 0 aliphatic heterocycles. The van der Waals surface area contributed by atoms with Crippen LogP contribution in [0, 0.1) is 5.82 Å². The van der Waals surface area contributed by atoms with Gasteiger partial charge >= 0.3 is 0 Å². The summed E-state index contributed by atoms with van der Waals surface area (Å²) in [6.07, 6.45) is 3.19. The first kappa shape index (κ1) is 14.2. The summed E-state index contributed by atoms with van der Waals surface area (Å²) in [7, 11) is 1.67. The van der Waals surface area contributed by atoms with Crippen LogP contribution in [0.15, 0.2) is 36.4 Å². The predicted molar refractivity (Wildman–Crippen MR) is 83.7 cm³/mol. The minimum Gasteiger partial charge on any atom is -0.497 e. The third-order valence-electron chi connectivity index (χ3n) is 3.87. The van der Waals surface area contributed by atoms with Crippen molar-refractivity contribution in [1.29, 1.82) is 0 Å². The van der Waals surface area contributed by atoms with Crippen molar-refractivity contribution in [2.24, 2.45) is 0 Å². The van der Waals surface area contributed by atoms with Crippen molar-refractivity contribution in [2.45, 2.75) is 25.3 Å². The van der Waals surface area contributed by atoms with Gasteiger partial charge < -0.3 is 10.1 Å². The van der Waals surface area contributed by atoms with Gasteiger partial charge in [-0.3, -0.25) is 0 Å². The van der Waals surface area contributed by atoms with Crippen molar-refractivity contribution in [1.82, 2.24) is 0 Å². The van der Waals surface area contributed by atoms with Gasteiger partial charge in [0.15, 0.2) is 0 Å². The van der Waals surface area contributed by atoms with E-state index < -0.39 is 0 Å². The molecular formula is C17H17ClFNO. The average Bonchev–Trinajstić information content (AvgIpc) is 2.46. The number of aryl methyl sites for hydroxylation is 1. The standard InChI is InChI=1S/C17H17ClFNO/c1-21-15-6-5-11-3-2-4-17(16(11)10-15)20-14-8-12(18)7-13(19)9-14/h5-10,17,20H,2-4H2,1H3. The molecule has 1 atom stereocenters. The Hall–Kier alpha value is -1.74. The summed E-state index contributed by atoms with van der Waals surface area (Å²) >= 11 is 5.92. The molecule has 0 heterocycles. The molecule has 3 rings (SSSR count). The minimum atomic E-state index is -0.327. The molecule has 0 spiro atoms. The number of ether oxygens (including phenoxy) is 1. The van der Waals surface area contributed by atoms with Crippen molar-refractivity contribution in [3.63, 3.8) is 0 Å². The number of hydrogen-bond acceptors (Lipinski definition) is 2. The van der Waals surface area contributed by atoms with Crippen LogP contribution in [0.4, 0.5) is 10.1 Å². The third-order valence-corrected chi connectivity index (χ3v) is 4.09. The Labute approximate surface area is 128 Å². The zero-order valence-corrected chi connectivity index (χ0v) is 12.6. The van der Waals surface area contributed by atoms with E-state index in [0.717, 1.165) is 25.0 Å². The molecule has 2 aromatic carbocycles. The van der Waals surface area contributed by atoms with E-state index in [0.29, 0.717) is 10.7 Å². The van der Waals surface area contributed by atoms with Crippen LogP contribution in [0.3, 0.4) is 0 Å². The number of anilines is 1. The van der Waals surface area contributed by atoms with Gasteiger partial charge in [0.2, 0.25) is 0 Å². The molecule has 110 valence electrons. The first-order valence-electron chi connectivity index (χ1n) is 7.05. The molecular weight excluding hydrogens is 289 g/mol. The van der Waals surface area contributed by atoms with Gasteiger partial charge in [-0.25, -0.2) is 4.39 Å². The first-order chi connectivity index (χ1) is 10.2. The summed E-state index contributed by atoms with van der Waals surface area (Å²) in [6, 6.07) is 10.8. The Morgan fingerprint density at radius 1 is 1.24 bits per heavy atom. The number of hydrogen-bond donors (Lipinski definition) is 1. The lowest BCUT2D eigenvalue weighted by Gasteiger charge is -2.27. The van der Waals surface area contributed by atoms with Crippen molar-refractivity contribution in [2.75, 3.05) is 12.4 Å². The molecule has 0 aromatic heterocycles. The Morgan fingerprint density at radius 2 is 2.10 bits per heavy atom. The average molecular weight is 306 g/mol. The number of methoxy groups -OCH3 is 1. The van der Waals surface area contributed by atoms with E-state index in [2.05, 4.69) is 17.4 Å². The normalized spacial score (nSPS) is 17.2. The smallest absolute Gasteiger partial charge is 0.126 e. The fraction of sp³-hybridized carbons (Fsp3) is 0.294. The highest BCUT2D eigenvalue weighted by Gasteiger charge is 2.21. The summed E-state index contributed by atoms with van der Waals surface area (Å²) < 4.78 is 18.8. The highest BCUT2D eigenvalue weighted by molar-refractivity contribution is 6.30. The van der Waals surface area contributed by atoms with Crippen LogP contribution >= 0.6 is 11.6 Å². The SMILES string of the molecule is COc1ccc2c(c1)C(Nc1cc(F)cc(Cl)c1)CCC2. The maximum absolute atomic E-state index is 13.5. The van der Waals surface area contributed by atoms with E-state index >= 15 is 0 Å². The van der Waals surface area contributed by atoms with Gasteiger partial charge in [-0.05, 0) is 60.7 Å². The maximum Gasteiger partial charge on any atom is 0.126 e. The van der Waals surface area contributed by atoms with Crippen LogP contribution < -0.4 is 10.1 Å². The lowest BCUT2D eigenvalue weighted by atomic mass is 9.87. The lowest BCUT2D eigenvalue weighted by Crippen LogP contribution is -2.17. The summed E-state index contributed by atoms with van der Waals surface area (Å²) in [6.45, 7) is 0. The topological polar surface area (TPSA) is 21.3 Å². The molecule has 0 radical (unpaired) electrons. The molecule has 1 aliphatic carbocycles. The number of fused-ring (bicyclic) bond motifs is 1. The highest BCUT2D eigenvalue weighted by atomic mass is 35.5. The van der Waals surface area contributed by atoms with Gasteiger partial charge in [0, 0.05) is 10.7 Å². The lowest BCUT2D eigenvalue weighted by molar-refractivity contribution is 0.413. The van der Waals surface area contributed by atoms with Crippen molar-refractivity contribution in [3.05, 3.63) is 58.4 Å². The number of nitrogens with one attached hydrogen (secondary N) is 1. The van der Waals surface area contributed by atoms with E-state index in [1.165, 1.54) is 23.3 Å². The molecule has 1 N–H and O–H groups in total. The molecule has 4 heteroatoms. The largest absolute Gasteiger partial charge is 0.497 e. The molecule has 0 fully saturated rings. The van der Waals surface area contributed by atoms with Gasteiger partial charge in [0.05, 0.1) is 13.2 Å². The molecule has 0 saturated carbocycles. The van der Waals surface area contributed by atoms with Crippen LogP contribution in [-0.2, 0) is 6.42 Å². The maximum atomic E-state index is 13.5. The van der Waals surface area contributed by atoms with Gasteiger partial charge in [-0.15, -0.1) is 0 Å². The zero-order valence-electron chi connectivity index (χ0n) is 11.8. The highest BCUT2D eigenvalue weighted by Crippen LogP contribution is 2.35. The van der Waals surface area contributed by atoms with Gasteiger partial charge in [-0.2, -0.15) is 0 Å². The molecule has 1 aliphatic rings. The van der Waals surface area contributed by atoms with Crippen LogP contribution in [0.2, 0.25) is 5.02 Å². The zero-order chi connectivity index (χ0) is 14.8. The van der Waals surface area contributed by atoms with Crippen molar-refractivity contribution >= 4 is 17.3 Å². The summed E-state index contributed by atoms with van der Waals surface area (Å²) in [4.78, 5) is 0. The van der Waals surface area contributed by atoms with Crippen LogP contribution in [-0.4, -0.2) is 7.11 Å². The second-order valence-corrected chi connectivity index (χ2v) is 5.75. The molecule has 2 aromatic rings. The van der Waals surface area contributed by atoms with Crippen LogP contribution in [0.1, 0.15) is 30.0 Å². The number of rotatable bonds is 3. The van der Waals surface area contributed by atoms with E-state index in [1.54, 1.807) is 13.2 Å². The Morgan fingerprint density at radius 3 is 2.86 bits per heavy atom. The number of halogens is 2. The van der Waals surface area contributed by atoms with E-state index in [-0.39, 0.29) is 11.9 Å². The van der Waals surface area contributed by atoms with Crippen LogP contribution in [0.25, 0.3) is 0 Å². The Balaban J connectivity index is 1.90. The van der Waals surface area contributed by atoms with Crippen LogP contribution in [0.5, 0.6) is 5.75 Å². The van der Waals surface area contributed by atoms with E-state index in [4.69, 9.17) is 16.3 Å². The quantitative estimate of drug-likeness (QED) is 0.863. The summed E-state index contributed by atoms with van der Waals surface area (Å²) in [5.41, 5.74) is 3.25. The molecule has 0 bridgehead atoms. The fourth-order valence-corrected chi connectivity index (χ4v) is 3.11. The molecule has 0 amide bonds. The number of benzene rings is 2. The summed E-state index contributed by atoms with van der Waals surface area (Å²) in [5.74, 6) is 0.520. The monoisotopic (exact) mass is 305 g/mol. The summed E-state index contributed by atoms with van der Waals surface area (Å²) in [5, 5.41) is 3.79. The van der Waals surface area contributed by atoms with E-state index in [1.807, 2.05) is 6.07 Å². The molecule has 2 nitrogen and oxygen atoms in total. The second kappa shape index (κ2) is 5.94. The molecule has 21 heavy (non-hydrogen) atoms. The van der Waals surface area contributed by atoms with Gasteiger partial charge in [0.25, 0.3) is 0 Å². The first-order valence-corrected chi connectivity index (χ1v) is 7.43. The van der Waals surface area contributed by atoms with Gasteiger partial charge in [-0.1, -0.05) is 17.7 Å². The molecule has 1 unspecified atom stereocenters. The van der Waals surface area contributed by atoms with E-state index in [9.17, 15) is 4.39 Å². The third kappa shape index (κ3) is 3.13. The Bertz CT molecular complexity index is 639. The van der Waals surface area contributed by atoms with Crippen molar-refractivity contribution < 1.29 is 9.13 Å². The minimum absolute atomic E-state index is 0.154. The Kier molecular flexibility index (Phi) is 4.02.